The first-order valence-corrected chi connectivity index (χ1v) is 13.1. The summed E-state index contributed by atoms with van der Waals surface area (Å²) in [5.41, 5.74) is 11.7. The Morgan fingerprint density at radius 2 is 1.08 bits per heavy atom. The lowest BCUT2D eigenvalue weighted by Gasteiger charge is -2.21. The zero-order valence-electron chi connectivity index (χ0n) is 25.8. The van der Waals surface area contributed by atoms with E-state index in [0.717, 1.165) is 17.1 Å². The van der Waals surface area contributed by atoms with E-state index in [-0.39, 0.29) is 16.2 Å². The van der Waals surface area contributed by atoms with Crippen LogP contribution in [0, 0.1) is 41.5 Å². The molecule has 0 atom stereocenters. The van der Waals surface area contributed by atoms with E-state index in [0.29, 0.717) is 0 Å². The molecule has 3 aromatic heterocycles. The highest BCUT2D eigenvalue weighted by Crippen LogP contribution is 2.26. The Hall–Kier alpha value is -2.55. The molecule has 0 radical (unpaired) electrons. The monoisotopic (exact) mass is 489 g/mol. The minimum atomic E-state index is 0.164. The molecule has 0 aliphatic rings. The van der Waals surface area contributed by atoms with Crippen LogP contribution in [0.3, 0.4) is 0 Å². The molecule has 0 N–H and O–H groups in total. The molecule has 3 heteroatoms. The molecule has 3 nitrogen and oxygen atoms in total. The maximum atomic E-state index is 4.45. The fourth-order valence-corrected chi connectivity index (χ4v) is 4.46. The average molecular weight is 490 g/mol. The lowest BCUT2D eigenvalue weighted by molar-refractivity contribution is 0.564. The Labute approximate surface area is 222 Å². The van der Waals surface area contributed by atoms with Crippen LogP contribution in [-0.4, -0.2) is 15.0 Å². The van der Waals surface area contributed by atoms with Crippen molar-refractivity contribution in [2.45, 2.75) is 120 Å². The smallest absolute Gasteiger partial charge is 0.0486 e. The fraction of sp³-hybridized carbons (Fsp3) is 0.545. The van der Waals surface area contributed by atoms with Gasteiger partial charge in [0, 0.05) is 40.6 Å². The minimum Gasteiger partial charge on any atom is -0.261 e. The predicted molar refractivity (Wildman–Crippen MR) is 157 cm³/mol. The second kappa shape index (κ2) is 12.1. The first-order valence-electron chi connectivity index (χ1n) is 13.1. The molecule has 3 rings (SSSR count). The van der Waals surface area contributed by atoms with E-state index in [2.05, 4.69) is 129 Å². The van der Waals surface area contributed by atoms with Gasteiger partial charge in [-0.05, 0) is 92.3 Å². The molecule has 36 heavy (non-hydrogen) atoms. The van der Waals surface area contributed by atoms with Crippen molar-refractivity contribution in [3.05, 3.63) is 87.3 Å². The summed E-state index contributed by atoms with van der Waals surface area (Å²) in [4.78, 5) is 13.2. The summed E-state index contributed by atoms with van der Waals surface area (Å²) < 4.78 is 0. The highest BCUT2D eigenvalue weighted by atomic mass is 14.7. The Morgan fingerprint density at radius 1 is 0.528 bits per heavy atom. The second-order valence-electron chi connectivity index (χ2n) is 13.2. The third kappa shape index (κ3) is 9.84. The van der Waals surface area contributed by atoms with Crippen molar-refractivity contribution in [3.8, 4) is 0 Å². The second-order valence-corrected chi connectivity index (χ2v) is 13.2. The highest BCUT2D eigenvalue weighted by molar-refractivity contribution is 5.31. The van der Waals surface area contributed by atoms with Crippen molar-refractivity contribution in [2.24, 2.45) is 0 Å². The predicted octanol–water partition coefficient (Wildman–Crippen LogP) is 8.99. The number of hydrogen-bond acceptors (Lipinski definition) is 3. The van der Waals surface area contributed by atoms with Gasteiger partial charge in [0.25, 0.3) is 0 Å². The topological polar surface area (TPSA) is 38.7 Å². The van der Waals surface area contributed by atoms with E-state index in [1.165, 1.54) is 33.5 Å². The molecule has 0 unspecified atom stereocenters. The van der Waals surface area contributed by atoms with E-state index >= 15 is 0 Å². The number of hydrogen-bond donors (Lipinski definition) is 0. The van der Waals surface area contributed by atoms with E-state index in [1.54, 1.807) is 0 Å². The van der Waals surface area contributed by atoms with Crippen LogP contribution in [0.5, 0.6) is 0 Å². The average Bonchev–Trinajstić information content (AvgIpc) is 2.65. The molecule has 0 bridgehead atoms. The molecule has 0 amide bonds. The quantitative estimate of drug-likeness (QED) is 0.316. The minimum absolute atomic E-state index is 0.164. The largest absolute Gasteiger partial charge is 0.261 e. The third-order valence-electron chi connectivity index (χ3n) is 6.01. The van der Waals surface area contributed by atoms with Crippen LogP contribution < -0.4 is 0 Å². The summed E-state index contributed by atoms with van der Waals surface area (Å²) in [5, 5.41) is 0. The summed E-state index contributed by atoms with van der Waals surface area (Å²) >= 11 is 0. The van der Waals surface area contributed by atoms with Crippen LogP contribution >= 0.6 is 0 Å². The van der Waals surface area contributed by atoms with Gasteiger partial charge in [-0.25, -0.2) is 0 Å². The van der Waals surface area contributed by atoms with Crippen molar-refractivity contribution in [1.82, 2.24) is 15.0 Å². The maximum Gasteiger partial charge on any atom is 0.0486 e. The molecule has 0 fully saturated rings. The van der Waals surface area contributed by atoms with Crippen molar-refractivity contribution < 1.29 is 0 Å². The van der Waals surface area contributed by atoms with Crippen LogP contribution in [0.15, 0.2) is 36.7 Å². The molecule has 3 heterocycles. The van der Waals surface area contributed by atoms with Gasteiger partial charge in [-0.15, -0.1) is 0 Å². The lowest BCUT2D eigenvalue weighted by Crippen LogP contribution is -2.15. The highest BCUT2D eigenvalue weighted by Gasteiger charge is 2.18. The van der Waals surface area contributed by atoms with E-state index in [1.807, 2.05) is 26.2 Å². The van der Waals surface area contributed by atoms with Gasteiger partial charge in [0.15, 0.2) is 0 Å². The molecule has 0 saturated heterocycles. The van der Waals surface area contributed by atoms with Gasteiger partial charge in [-0.2, -0.15) is 0 Å². The van der Waals surface area contributed by atoms with E-state index in [9.17, 15) is 0 Å². The van der Waals surface area contributed by atoms with Crippen molar-refractivity contribution in [3.63, 3.8) is 0 Å². The Balaban J connectivity index is 0.000000270. The van der Waals surface area contributed by atoms with Crippen LogP contribution in [0.4, 0.5) is 0 Å². The van der Waals surface area contributed by atoms with Crippen molar-refractivity contribution in [1.29, 1.82) is 0 Å². The summed E-state index contributed by atoms with van der Waals surface area (Å²) in [6, 6.07) is 8.58. The molecule has 0 spiro atoms. The Bertz CT molecular complexity index is 991. The molecular weight excluding hydrogens is 438 g/mol. The molecule has 0 aliphatic heterocycles. The van der Waals surface area contributed by atoms with Gasteiger partial charge >= 0.3 is 0 Å². The molecule has 0 saturated carbocycles. The number of aryl methyl sites for hydroxylation is 6. The first-order chi connectivity index (χ1) is 16.2. The van der Waals surface area contributed by atoms with Crippen molar-refractivity contribution in [2.75, 3.05) is 0 Å². The third-order valence-corrected chi connectivity index (χ3v) is 6.01. The van der Waals surface area contributed by atoms with Crippen LogP contribution in [0.25, 0.3) is 0 Å². The van der Waals surface area contributed by atoms with E-state index < -0.39 is 0 Å². The standard InChI is InChI=1S/3C11H17N/c1-8-6-9(2)12-7-10(8)11(3,4)5;1-8-6-9(2)10(12-7-8)11(3,4)5;1-8-6-7-10(9(2)12-8)11(3,4)5/h3*6-7H,1-5H3. The summed E-state index contributed by atoms with van der Waals surface area (Å²) in [5.74, 6) is 0. The summed E-state index contributed by atoms with van der Waals surface area (Å²) in [6.45, 7) is 32.3. The number of rotatable bonds is 0. The Morgan fingerprint density at radius 3 is 1.50 bits per heavy atom. The summed E-state index contributed by atoms with van der Waals surface area (Å²) in [7, 11) is 0. The fourth-order valence-electron chi connectivity index (χ4n) is 4.46. The van der Waals surface area contributed by atoms with Gasteiger partial charge in [-0.3, -0.25) is 15.0 Å². The lowest BCUT2D eigenvalue weighted by atomic mass is 9.85. The van der Waals surface area contributed by atoms with Crippen LogP contribution in [-0.2, 0) is 16.2 Å². The normalized spacial score (nSPS) is 11.8. The molecular formula is C33H51N3. The van der Waals surface area contributed by atoms with Gasteiger partial charge in [0.1, 0.15) is 0 Å². The van der Waals surface area contributed by atoms with Crippen molar-refractivity contribution >= 4 is 0 Å². The Kier molecular flexibility index (Phi) is 10.6. The van der Waals surface area contributed by atoms with Crippen LogP contribution in [0.2, 0.25) is 0 Å². The zero-order valence-corrected chi connectivity index (χ0v) is 25.8. The van der Waals surface area contributed by atoms with Gasteiger partial charge < -0.3 is 0 Å². The van der Waals surface area contributed by atoms with Crippen LogP contribution in [0.1, 0.15) is 113 Å². The summed E-state index contributed by atoms with van der Waals surface area (Å²) in [6.07, 6.45) is 3.93. The zero-order chi connectivity index (χ0) is 28.1. The number of nitrogens with zero attached hydrogens (tertiary/aromatic N) is 3. The number of aromatic nitrogens is 3. The molecule has 0 aromatic carbocycles. The molecule has 0 aliphatic carbocycles. The molecule has 3 aromatic rings. The van der Waals surface area contributed by atoms with E-state index in [4.69, 9.17) is 0 Å². The maximum absolute atomic E-state index is 4.45. The first kappa shape index (κ1) is 31.5. The van der Waals surface area contributed by atoms with Gasteiger partial charge in [0.2, 0.25) is 0 Å². The van der Waals surface area contributed by atoms with Gasteiger partial charge in [0.05, 0.1) is 0 Å². The number of pyridine rings is 3. The van der Waals surface area contributed by atoms with Gasteiger partial charge in [-0.1, -0.05) is 74.4 Å². The molecule has 198 valence electrons. The SMILES string of the molecule is Cc1cc(C)c(C(C)(C)C)cn1.Cc1ccc(C(C)(C)C)c(C)n1.Cc1cnc(C(C)(C)C)c(C)c1.